The molecule has 2 unspecified atom stereocenters. The predicted molar refractivity (Wildman–Crippen MR) is 75.1 cm³/mol. The summed E-state index contributed by atoms with van der Waals surface area (Å²) in [4.78, 5) is 13.3. The molecule has 0 aromatic rings. The number of hydrogen-bond donors (Lipinski definition) is 2. The summed E-state index contributed by atoms with van der Waals surface area (Å²) in [5, 5.41) is 8.94. The first-order chi connectivity index (χ1) is 8.62. The molecule has 1 fully saturated rings. The smallest absolute Gasteiger partial charge is 0.323 e. The van der Waals surface area contributed by atoms with Crippen LogP contribution in [0, 0.1) is 0 Å². The number of ether oxygens (including phenoxy) is 1. The lowest BCUT2D eigenvalue weighted by molar-refractivity contribution is -0.142. The normalized spacial score (nSPS) is 26.9. The van der Waals surface area contributed by atoms with Crippen molar-refractivity contribution in [2.75, 3.05) is 19.6 Å². The summed E-state index contributed by atoms with van der Waals surface area (Å²) in [5.41, 5.74) is 4.52. The van der Waals surface area contributed by atoms with E-state index < -0.39 is 11.5 Å². The van der Waals surface area contributed by atoms with E-state index >= 15 is 0 Å². The molecule has 1 rings (SSSR count). The topological polar surface area (TPSA) is 75.8 Å². The molecular formula is C14H28N2O3. The molecule has 1 aliphatic heterocycles. The second kappa shape index (κ2) is 6.20. The van der Waals surface area contributed by atoms with Crippen LogP contribution in [0.1, 0.15) is 47.0 Å². The highest BCUT2D eigenvalue weighted by molar-refractivity contribution is 5.77. The Morgan fingerprint density at radius 1 is 1.53 bits per heavy atom. The van der Waals surface area contributed by atoms with Crippen LogP contribution in [0.25, 0.3) is 0 Å². The van der Waals surface area contributed by atoms with E-state index in [0.717, 1.165) is 32.5 Å². The zero-order chi connectivity index (χ0) is 14.7. The van der Waals surface area contributed by atoms with Gasteiger partial charge in [-0.2, -0.15) is 0 Å². The lowest BCUT2D eigenvalue weighted by atomic mass is 9.96. The highest BCUT2D eigenvalue weighted by atomic mass is 16.5. The van der Waals surface area contributed by atoms with Crippen molar-refractivity contribution in [3.05, 3.63) is 0 Å². The fraction of sp³-hybridized carbons (Fsp3) is 0.929. The average molecular weight is 272 g/mol. The monoisotopic (exact) mass is 272 g/mol. The van der Waals surface area contributed by atoms with Crippen molar-refractivity contribution >= 4 is 5.97 Å². The molecule has 0 aromatic carbocycles. The number of nitrogens with zero attached hydrogens (tertiary/aromatic N) is 1. The summed E-state index contributed by atoms with van der Waals surface area (Å²) in [5.74, 6) is -0.923. The van der Waals surface area contributed by atoms with Gasteiger partial charge in [-0.1, -0.05) is 0 Å². The third kappa shape index (κ3) is 5.47. The number of nitrogens with two attached hydrogens (primary N) is 1. The summed E-state index contributed by atoms with van der Waals surface area (Å²) in [6, 6.07) is 0. The molecule has 0 spiro atoms. The van der Waals surface area contributed by atoms with Crippen LogP contribution in [-0.4, -0.2) is 52.9 Å². The Bertz CT molecular complexity index is 316. The van der Waals surface area contributed by atoms with Crippen molar-refractivity contribution < 1.29 is 14.6 Å². The number of carboxylic acid groups (broad SMARTS) is 1. The summed E-state index contributed by atoms with van der Waals surface area (Å²) >= 11 is 0. The van der Waals surface area contributed by atoms with E-state index in [4.69, 9.17) is 15.6 Å². The molecule has 0 saturated carbocycles. The van der Waals surface area contributed by atoms with Crippen LogP contribution < -0.4 is 5.73 Å². The lowest BCUT2D eigenvalue weighted by Gasteiger charge is -2.41. The number of rotatable bonds is 6. The van der Waals surface area contributed by atoms with E-state index in [-0.39, 0.29) is 11.7 Å². The molecular weight excluding hydrogens is 244 g/mol. The molecule has 1 aliphatic rings. The van der Waals surface area contributed by atoms with E-state index in [0.29, 0.717) is 6.42 Å². The lowest BCUT2D eigenvalue weighted by Crippen LogP contribution is -2.52. The van der Waals surface area contributed by atoms with E-state index in [1.165, 1.54) is 0 Å². The fourth-order valence-electron chi connectivity index (χ4n) is 2.69. The van der Waals surface area contributed by atoms with Gasteiger partial charge >= 0.3 is 5.97 Å². The van der Waals surface area contributed by atoms with E-state index in [1.54, 1.807) is 6.92 Å². The standard InChI is InChI=1S/C14H28N2O3/c1-11-9-16(10-13(2,3)19-11)8-6-5-7-14(4,15)12(17)18/h11H,5-10,15H2,1-4H3,(H,17,18). The molecule has 0 bridgehead atoms. The second-order valence-electron chi connectivity index (χ2n) is 6.60. The summed E-state index contributed by atoms with van der Waals surface area (Å²) in [6.45, 7) is 10.7. The van der Waals surface area contributed by atoms with Gasteiger partial charge in [0, 0.05) is 13.1 Å². The van der Waals surface area contributed by atoms with Gasteiger partial charge in [-0.25, -0.2) is 0 Å². The fourth-order valence-corrected chi connectivity index (χ4v) is 2.69. The van der Waals surface area contributed by atoms with Gasteiger partial charge in [0.25, 0.3) is 0 Å². The van der Waals surface area contributed by atoms with Crippen molar-refractivity contribution in [1.29, 1.82) is 0 Å². The van der Waals surface area contributed by atoms with Gasteiger partial charge in [0.1, 0.15) is 5.54 Å². The highest BCUT2D eigenvalue weighted by Gasteiger charge is 2.31. The maximum atomic E-state index is 10.9. The molecule has 0 amide bonds. The van der Waals surface area contributed by atoms with Crippen molar-refractivity contribution in [2.45, 2.75) is 64.2 Å². The van der Waals surface area contributed by atoms with E-state index in [1.807, 2.05) is 0 Å². The Labute approximate surface area is 116 Å². The Balaban J connectivity index is 2.28. The molecule has 3 N–H and O–H groups in total. The maximum absolute atomic E-state index is 10.9. The number of morpholine rings is 1. The minimum Gasteiger partial charge on any atom is -0.480 e. The van der Waals surface area contributed by atoms with Crippen LogP contribution in [0.4, 0.5) is 0 Å². The van der Waals surface area contributed by atoms with Crippen molar-refractivity contribution in [3.63, 3.8) is 0 Å². The molecule has 2 atom stereocenters. The van der Waals surface area contributed by atoms with Gasteiger partial charge in [-0.3, -0.25) is 9.69 Å². The molecule has 1 heterocycles. The molecule has 19 heavy (non-hydrogen) atoms. The van der Waals surface area contributed by atoms with E-state index in [9.17, 15) is 4.79 Å². The summed E-state index contributed by atoms with van der Waals surface area (Å²) in [7, 11) is 0. The van der Waals surface area contributed by atoms with Crippen LogP contribution >= 0.6 is 0 Å². The molecule has 112 valence electrons. The number of hydrogen-bond acceptors (Lipinski definition) is 4. The van der Waals surface area contributed by atoms with Crippen LogP contribution in [0.2, 0.25) is 0 Å². The first kappa shape index (κ1) is 16.4. The SMILES string of the molecule is CC1CN(CCCCC(C)(N)C(=O)O)CC(C)(C)O1. The molecule has 0 aliphatic carbocycles. The zero-order valence-electron chi connectivity index (χ0n) is 12.6. The largest absolute Gasteiger partial charge is 0.480 e. The molecule has 5 heteroatoms. The summed E-state index contributed by atoms with van der Waals surface area (Å²) < 4.78 is 5.86. The minimum atomic E-state index is -1.10. The first-order valence-electron chi connectivity index (χ1n) is 7.05. The van der Waals surface area contributed by atoms with Gasteiger partial charge in [-0.15, -0.1) is 0 Å². The zero-order valence-corrected chi connectivity index (χ0v) is 12.6. The number of aliphatic carboxylic acids is 1. The average Bonchev–Trinajstić information content (AvgIpc) is 2.21. The number of carbonyl (C=O) groups is 1. The maximum Gasteiger partial charge on any atom is 0.323 e. The quantitative estimate of drug-likeness (QED) is 0.716. The van der Waals surface area contributed by atoms with Crippen LogP contribution in [0.15, 0.2) is 0 Å². The van der Waals surface area contributed by atoms with Crippen LogP contribution in [-0.2, 0) is 9.53 Å². The van der Waals surface area contributed by atoms with Crippen molar-refractivity contribution in [3.8, 4) is 0 Å². The van der Waals surface area contributed by atoms with Gasteiger partial charge in [0.05, 0.1) is 11.7 Å². The van der Waals surface area contributed by atoms with Gasteiger partial charge < -0.3 is 15.6 Å². The minimum absolute atomic E-state index is 0.0961. The molecule has 1 saturated heterocycles. The number of unbranched alkanes of at least 4 members (excludes halogenated alkanes) is 1. The van der Waals surface area contributed by atoms with Gasteiger partial charge in [0.15, 0.2) is 0 Å². The predicted octanol–water partition coefficient (Wildman–Crippen LogP) is 1.46. The second-order valence-corrected chi connectivity index (χ2v) is 6.60. The Kier molecular flexibility index (Phi) is 5.35. The van der Waals surface area contributed by atoms with Crippen molar-refractivity contribution in [1.82, 2.24) is 4.90 Å². The Morgan fingerprint density at radius 2 is 2.16 bits per heavy atom. The Hall–Kier alpha value is -0.650. The summed E-state index contributed by atoms with van der Waals surface area (Å²) in [6.07, 6.45) is 2.59. The van der Waals surface area contributed by atoms with Gasteiger partial charge in [-0.05, 0) is 53.5 Å². The molecule has 5 nitrogen and oxygen atoms in total. The molecule has 0 aromatic heterocycles. The third-order valence-corrected chi connectivity index (χ3v) is 3.55. The first-order valence-corrected chi connectivity index (χ1v) is 7.05. The number of carboxylic acids is 1. The highest BCUT2D eigenvalue weighted by Crippen LogP contribution is 2.21. The van der Waals surface area contributed by atoms with Crippen LogP contribution in [0.5, 0.6) is 0 Å². The molecule has 0 radical (unpaired) electrons. The third-order valence-electron chi connectivity index (χ3n) is 3.55. The van der Waals surface area contributed by atoms with Crippen LogP contribution in [0.3, 0.4) is 0 Å². The van der Waals surface area contributed by atoms with Gasteiger partial charge in [0.2, 0.25) is 0 Å². The Morgan fingerprint density at radius 3 is 2.68 bits per heavy atom. The van der Waals surface area contributed by atoms with Crippen molar-refractivity contribution in [2.24, 2.45) is 5.73 Å². The van der Waals surface area contributed by atoms with E-state index in [2.05, 4.69) is 25.7 Å².